The van der Waals surface area contributed by atoms with Gasteiger partial charge < -0.3 is 14.5 Å². The van der Waals surface area contributed by atoms with E-state index in [-0.39, 0.29) is 18.4 Å². The molecule has 2 fully saturated rings. The summed E-state index contributed by atoms with van der Waals surface area (Å²) in [6.45, 7) is 4.44. The van der Waals surface area contributed by atoms with Crippen LogP contribution in [-0.2, 0) is 6.73 Å². The van der Waals surface area contributed by atoms with Gasteiger partial charge in [0.25, 0.3) is 5.91 Å². The van der Waals surface area contributed by atoms with Crippen molar-refractivity contribution in [2.75, 3.05) is 32.7 Å². The number of halogens is 2. The lowest BCUT2D eigenvalue weighted by Crippen LogP contribution is -2.36. The molecule has 2 heterocycles. The van der Waals surface area contributed by atoms with Crippen LogP contribution in [0.25, 0.3) is 0 Å². The Kier molecular flexibility index (Phi) is 5.57. The molecular formula is C20H24F2N4O2. The largest absolute Gasteiger partial charge is 0.468 e. The van der Waals surface area contributed by atoms with Crippen molar-refractivity contribution in [3.63, 3.8) is 0 Å². The average molecular weight is 390 g/mol. The summed E-state index contributed by atoms with van der Waals surface area (Å²) in [5.74, 6) is -0.745. The molecule has 6 nitrogen and oxygen atoms in total. The van der Waals surface area contributed by atoms with Gasteiger partial charge in [0.2, 0.25) is 0 Å². The van der Waals surface area contributed by atoms with Gasteiger partial charge in [-0.05, 0) is 49.9 Å². The van der Waals surface area contributed by atoms with Crippen LogP contribution in [0.15, 0.2) is 30.5 Å². The normalized spacial score (nSPS) is 18.1. The van der Waals surface area contributed by atoms with Crippen LogP contribution in [-0.4, -0.2) is 58.2 Å². The maximum atomic E-state index is 13.6. The summed E-state index contributed by atoms with van der Waals surface area (Å²) in [7, 11) is 0. The van der Waals surface area contributed by atoms with Gasteiger partial charge in [-0.25, -0.2) is 13.5 Å². The zero-order chi connectivity index (χ0) is 19.5. The Balaban J connectivity index is 1.32. The van der Waals surface area contributed by atoms with E-state index in [9.17, 15) is 13.6 Å². The van der Waals surface area contributed by atoms with E-state index in [4.69, 9.17) is 4.74 Å². The van der Waals surface area contributed by atoms with Crippen molar-refractivity contribution in [1.82, 2.24) is 19.6 Å². The molecule has 1 saturated carbocycles. The summed E-state index contributed by atoms with van der Waals surface area (Å²) < 4.78 is 33.3. The number of rotatable bonds is 6. The molecule has 8 heteroatoms. The Morgan fingerprint density at radius 1 is 1.14 bits per heavy atom. The Morgan fingerprint density at radius 3 is 2.79 bits per heavy atom. The molecule has 0 spiro atoms. The molecule has 0 atom stereocenters. The Hall–Kier alpha value is -2.48. The molecule has 1 aromatic heterocycles. The fraction of sp³-hybridized carbons (Fsp3) is 0.500. The number of benzene rings is 1. The van der Waals surface area contributed by atoms with Crippen molar-refractivity contribution in [3.05, 3.63) is 47.8 Å². The van der Waals surface area contributed by atoms with Crippen molar-refractivity contribution in [2.45, 2.75) is 26.0 Å². The standard InChI is InChI=1S/C20H24F2N4O2/c21-16-4-5-19(17(22)12-16)28-14-26-9-6-18(23-26)20(27)25-8-1-7-24(10-11-25)13-15-2-3-15/h4-6,9,12,15H,1-3,7-8,10-11,13-14H2. The van der Waals surface area contributed by atoms with E-state index < -0.39 is 11.6 Å². The number of carbonyl (C=O) groups is 1. The molecule has 1 aliphatic heterocycles. The van der Waals surface area contributed by atoms with Crippen molar-refractivity contribution >= 4 is 5.91 Å². The number of amides is 1. The number of aromatic nitrogens is 2. The molecule has 0 N–H and O–H groups in total. The molecule has 28 heavy (non-hydrogen) atoms. The highest BCUT2D eigenvalue weighted by Crippen LogP contribution is 2.30. The molecule has 150 valence electrons. The number of hydrogen-bond donors (Lipinski definition) is 0. The summed E-state index contributed by atoms with van der Waals surface area (Å²) >= 11 is 0. The van der Waals surface area contributed by atoms with Crippen LogP contribution in [0.2, 0.25) is 0 Å². The van der Waals surface area contributed by atoms with Gasteiger partial charge in [-0.3, -0.25) is 4.79 Å². The van der Waals surface area contributed by atoms with Crippen LogP contribution >= 0.6 is 0 Å². The third-order valence-electron chi connectivity index (χ3n) is 5.20. The minimum absolute atomic E-state index is 0.0620. The van der Waals surface area contributed by atoms with Crippen LogP contribution in [0.4, 0.5) is 8.78 Å². The molecular weight excluding hydrogens is 366 g/mol. The smallest absolute Gasteiger partial charge is 0.274 e. The lowest BCUT2D eigenvalue weighted by atomic mass is 10.3. The van der Waals surface area contributed by atoms with Crippen molar-refractivity contribution in [3.8, 4) is 5.75 Å². The zero-order valence-corrected chi connectivity index (χ0v) is 15.7. The molecule has 4 rings (SSSR count). The number of carbonyl (C=O) groups excluding carboxylic acids is 1. The van der Waals surface area contributed by atoms with Gasteiger partial charge in [-0.1, -0.05) is 0 Å². The van der Waals surface area contributed by atoms with E-state index in [2.05, 4.69) is 10.00 Å². The Morgan fingerprint density at radius 2 is 2.00 bits per heavy atom. The molecule has 2 aliphatic rings. The van der Waals surface area contributed by atoms with Gasteiger partial charge in [-0.15, -0.1) is 0 Å². The second kappa shape index (κ2) is 8.26. The molecule has 0 radical (unpaired) electrons. The van der Waals surface area contributed by atoms with Crippen LogP contribution < -0.4 is 4.74 Å². The van der Waals surface area contributed by atoms with Crippen molar-refractivity contribution < 1.29 is 18.3 Å². The van der Waals surface area contributed by atoms with Crippen LogP contribution in [0.5, 0.6) is 5.75 Å². The van der Waals surface area contributed by atoms with Crippen LogP contribution in [0, 0.1) is 17.6 Å². The second-order valence-electron chi connectivity index (χ2n) is 7.48. The number of nitrogens with zero attached hydrogens (tertiary/aromatic N) is 4. The SMILES string of the molecule is O=C(c1ccn(COc2ccc(F)cc2F)n1)N1CCCN(CC2CC2)CC1. The van der Waals surface area contributed by atoms with Gasteiger partial charge in [0.1, 0.15) is 5.82 Å². The molecule has 1 aromatic carbocycles. The molecule has 0 bridgehead atoms. The minimum atomic E-state index is -0.774. The highest BCUT2D eigenvalue weighted by Gasteiger charge is 2.27. The molecule has 2 aromatic rings. The van der Waals surface area contributed by atoms with Crippen LogP contribution in [0.3, 0.4) is 0 Å². The Bertz CT molecular complexity index is 837. The van der Waals surface area contributed by atoms with E-state index in [1.54, 1.807) is 12.3 Å². The van der Waals surface area contributed by atoms with Gasteiger partial charge in [-0.2, -0.15) is 5.10 Å². The zero-order valence-electron chi connectivity index (χ0n) is 15.7. The summed E-state index contributed by atoms with van der Waals surface area (Å²) in [6.07, 6.45) is 5.25. The fourth-order valence-corrected chi connectivity index (χ4v) is 3.46. The first kappa shape index (κ1) is 18.9. The third-order valence-corrected chi connectivity index (χ3v) is 5.20. The lowest BCUT2D eigenvalue weighted by Gasteiger charge is -2.21. The molecule has 1 saturated heterocycles. The molecule has 1 aliphatic carbocycles. The molecule has 1 amide bonds. The number of hydrogen-bond acceptors (Lipinski definition) is 4. The van der Waals surface area contributed by atoms with Gasteiger partial charge in [0, 0.05) is 38.4 Å². The summed E-state index contributed by atoms with van der Waals surface area (Å²) in [5.41, 5.74) is 0.346. The average Bonchev–Trinajstić information content (AvgIpc) is 3.42. The summed E-state index contributed by atoms with van der Waals surface area (Å²) in [5, 5.41) is 4.25. The minimum Gasteiger partial charge on any atom is -0.468 e. The van der Waals surface area contributed by atoms with Crippen molar-refractivity contribution in [2.24, 2.45) is 5.92 Å². The first-order valence-corrected chi connectivity index (χ1v) is 9.71. The van der Waals surface area contributed by atoms with Gasteiger partial charge >= 0.3 is 0 Å². The van der Waals surface area contributed by atoms with E-state index in [0.29, 0.717) is 12.2 Å². The maximum Gasteiger partial charge on any atom is 0.274 e. The monoisotopic (exact) mass is 390 g/mol. The van der Waals surface area contributed by atoms with E-state index in [1.165, 1.54) is 23.6 Å². The molecule has 0 unspecified atom stereocenters. The van der Waals surface area contributed by atoms with E-state index >= 15 is 0 Å². The van der Waals surface area contributed by atoms with E-state index in [1.807, 2.05) is 4.90 Å². The summed E-state index contributed by atoms with van der Waals surface area (Å²) in [6, 6.07) is 4.76. The van der Waals surface area contributed by atoms with E-state index in [0.717, 1.165) is 50.7 Å². The summed E-state index contributed by atoms with van der Waals surface area (Å²) in [4.78, 5) is 17.1. The lowest BCUT2D eigenvalue weighted by molar-refractivity contribution is 0.0753. The van der Waals surface area contributed by atoms with Gasteiger partial charge in [0.15, 0.2) is 24.0 Å². The van der Waals surface area contributed by atoms with Crippen molar-refractivity contribution in [1.29, 1.82) is 0 Å². The fourth-order valence-electron chi connectivity index (χ4n) is 3.46. The first-order valence-electron chi connectivity index (χ1n) is 9.71. The quantitative estimate of drug-likeness (QED) is 0.761. The highest BCUT2D eigenvalue weighted by molar-refractivity contribution is 5.92. The maximum absolute atomic E-state index is 13.6. The Labute approximate surface area is 162 Å². The topological polar surface area (TPSA) is 50.6 Å². The van der Waals surface area contributed by atoms with Crippen LogP contribution in [0.1, 0.15) is 29.8 Å². The number of ether oxygens (including phenoxy) is 1. The second-order valence-corrected chi connectivity index (χ2v) is 7.48. The predicted molar refractivity (Wildman–Crippen MR) is 98.9 cm³/mol. The third kappa shape index (κ3) is 4.67. The van der Waals surface area contributed by atoms with Gasteiger partial charge in [0.05, 0.1) is 0 Å². The first-order chi connectivity index (χ1) is 13.6. The highest BCUT2D eigenvalue weighted by atomic mass is 19.1. The predicted octanol–water partition coefficient (Wildman–Crippen LogP) is 2.76.